The molecule has 112 valence electrons. The monoisotopic (exact) mass is 286 g/mol. The van der Waals surface area contributed by atoms with Crippen molar-refractivity contribution < 1.29 is 9.47 Å². The topological polar surface area (TPSA) is 43.4 Å². The predicted octanol–water partition coefficient (Wildman–Crippen LogP) is 3.11. The van der Waals surface area contributed by atoms with E-state index in [4.69, 9.17) is 9.47 Å². The van der Waals surface area contributed by atoms with Gasteiger partial charge in [0.15, 0.2) is 0 Å². The Morgan fingerprint density at radius 3 is 2.57 bits per heavy atom. The second-order valence-electron chi connectivity index (χ2n) is 4.83. The van der Waals surface area contributed by atoms with Crippen molar-refractivity contribution in [3.05, 3.63) is 53.3 Å². The highest BCUT2D eigenvalue weighted by molar-refractivity contribution is 5.47. The summed E-state index contributed by atoms with van der Waals surface area (Å²) in [5, 5.41) is 3.52. The van der Waals surface area contributed by atoms with Crippen LogP contribution in [0.1, 0.15) is 29.7 Å². The number of hydrogen-bond acceptors (Lipinski definition) is 4. The standard InChI is InChI=1S/C17H22N2O2/c1-5-19-17(14-8-9-18-11-12(14)2)15-10-13(20-3)6-7-16(15)21-4/h6-11,17,19H,5H2,1-4H3. The third-order valence-corrected chi connectivity index (χ3v) is 3.53. The van der Waals surface area contributed by atoms with Gasteiger partial charge in [0.05, 0.1) is 20.3 Å². The quantitative estimate of drug-likeness (QED) is 0.886. The first-order chi connectivity index (χ1) is 10.2. The number of pyridine rings is 1. The number of hydrogen-bond donors (Lipinski definition) is 1. The molecule has 0 fully saturated rings. The molecule has 1 atom stereocenters. The minimum atomic E-state index is 0.0445. The highest BCUT2D eigenvalue weighted by Gasteiger charge is 2.19. The molecule has 0 saturated carbocycles. The van der Waals surface area contributed by atoms with Gasteiger partial charge in [0.25, 0.3) is 0 Å². The number of nitrogens with one attached hydrogen (secondary N) is 1. The lowest BCUT2D eigenvalue weighted by molar-refractivity contribution is 0.394. The molecule has 4 nitrogen and oxygen atoms in total. The van der Waals surface area contributed by atoms with Gasteiger partial charge in [0, 0.05) is 18.0 Å². The fourth-order valence-corrected chi connectivity index (χ4v) is 2.46. The minimum absolute atomic E-state index is 0.0445. The van der Waals surface area contributed by atoms with Gasteiger partial charge in [-0.15, -0.1) is 0 Å². The summed E-state index contributed by atoms with van der Waals surface area (Å²) >= 11 is 0. The summed E-state index contributed by atoms with van der Waals surface area (Å²) in [6, 6.07) is 7.95. The SMILES string of the molecule is CCNC(c1ccncc1C)c1cc(OC)ccc1OC. The Morgan fingerprint density at radius 2 is 1.95 bits per heavy atom. The molecule has 2 rings (SSSR count). The number of nitrogens with zero attached hydrogens (tertiary/aromatic N) is 1. The Kier molecular flexibility index (Phi) is 5.17. The molecule has 1 aromatic heterocycles. The maximum atomic E-state index is 5.52. The van der Waals surface area contributed by atoms with E-state index in [-0.39, 0.29) is 6.04 Å². The van der Waals surface area contributed by atoms with Crippen molar-refractivity contribution in [1.29, 1.82) is 0 Å². The van der Waals surface area contributed by atoms with Gasteiger partial charge in [-0.3, -0.25) is 4.98 Å². The van der Waals surface area contributed by atoms with Crippen molar-refractivity contribution in [3.63, 3.8) is 0 Å². The summed E-state index contributed by atoms with van der Waals surface area (Å²) in [6.07, 6.45) is 3.70. The maximum absolute atomic E-state index is 5.52. The van der Waals surface area contributed by atoms with Crippen LogP contribution in [0.4, 0.5) is 0 Å². The van der Waals surface area contributed by atoms with Gasteiger partial charge >= 0.3 is 0 Å². The molecule has 0 radical (unpaired) electrons. The Hall–Kier alpha value is -2.07. The molecular weight excluding hydrogens is 264 g/mol. The summed E-state index contributed by atoms with van der Waals surface area (Å²) in [4.78, 5) is 4.17. The molecule has 21 heavy (non-hydrogen) atoms. The molecule has 1 heterocycles. The zero-order chi connectivity index (χ0) is 15.2. The second-order valence-corrected chi connectivity index (χ2v) is 4.83. The zero-order valence-electron chi connectivity index (χ0n) is 13.0. The molecule has 4 heteroatoms. The maximum Gasteiger partial charge on any atom is 0.124 e. The third-order valence-electron chi connectivity index (χ3n) is 3.53. The summed E-state index contributed by atoms with van der Waals surface area (Å²) in [5.74, 6) is 1.67. The highest BCUT2D eigenvalue weighted by atomic mass is 16.5. The number of ether oxygens (including phenoxy) is 2. The van der Waals surface area contributed by atoms with E-state index < -0.39 is 0 Å². The van der Waals surface area contributed by atoms with Gasteiger partial charge in [-0.05, 0) is 48.9 Å². The largest absolute Gasteiger partial charge is 0.497 e. The van der Waals surface area contributed by atoms with Gasteiger partial charge in [0.2, 0.25) is 0 Å². The van der Waals surface area contributed by atoms with Crippen LogP contribution < -0.4 is 14.8 Å². The summed E-state index contributed by atoms with van der Waals surface area (Å²) in [7, 11) is 3.36. The van der Waals surface area contributed by atoms with Crippen molar-refractivity contribution >= 4 is 0 Å². The number of aryl methyl sites for hydroxylation is 1. The molecule has 1 aromatic carbocycles. The van der Waals surface area contributed by atoms with Crippen molar-refractivity contribution in [2.75, 3.05) is 20.8 Å². The first-order valence-electron chi connectivity index (χ1n) is 7.07. The molecule has 1 N–H and O–H groups in total. The van der Waals surface area contributed by atoms with Gasteiger partial charge in [-0.25, -0.2) is 0 Å². The fourth-order valence-electron chi connectivity index (χ4n) is 2.46. The number of benzene rings is 1. The van der Waals surface area contributed by atoms with Crippen LogP contribution in [0.25, 0.3) is 0 Å². The lowest BCUT2D eigenvalue weighted by Gasteiger charge is -2.23. The predicted molar refractivity (Wildman–Crippen MR) is 84.0 cm³/mol. The van der Waals surface area contributed by atoms with E-state index >= 15 is 0 Å². The van der Waals surface area contributed by atoms with E-state index in [9.17, 15) is 0 Å². The zero-order valence-corrected chi connectivity index (χ0v) is 13.0. The average molecular weight is 286 g/mol. The Labute approximate surface area is 126 Å². The smallest absolute Gasteiger partial charge is 0.124 e. The molecule has 0 bridgehead atoms. The van der Waals surface area contributed by atoms with Gasteiger partial charge in [0.1, 0.15) is 11.5 Å². The van der Waals surface area contributed by atoms with E-state index in [0.717, 1.165) is 29.2 Å². The van der Waals surface area contributed by atoms with Gasteiger partial charge in [-0.1, -0.05) is 6.92 Å². The van der Waals surface area contributed by atoms with E-state index in [1.807, 2.05) is 36.7 Å². The molecule has 0 aliphatic heterocycles. The first kappa shape index (κ1) is 15.3. The molecule has 0 saturated heterocycles. The van der Waals surface area contributed by atoms with Crippen LogP contribution in [-0.2, 0) is 0 Å². The number of aromatic nitrogens is 1. The van der Waals surface area contributed by atoms with E-state index in [0.29, 0.717) is 0 Å². The Morgan fingerprint density at radius 1 is 1.14 bits per heavy atom. The van der Waals surface area contributed by atoms with Crippen molar-refractivity contribution in [2.45, 2.75) is 19.9 Å². The van der Waals surface area contributed by atoms with Crippen LogP contribution in [0.15, 0.2) is 36.7 Å². The normalized spacial score (nSPS) is 12.0. The molecule has 0 amide bonds. The summed E-state index contributed by atoms with van der Waals surface area (Å²) in [5.41, 5.74) is 3.40. The second kappa shape index (κ2) is 7.09. The average Bonchev–Trinajstić information content (AvgIpc) is 2.53. The number of methoxy groups -OCH3 is 2. The molecule has 1 unspecified atom stereocenters. The van der Waals surface area contributed by atoms with Crippen molar-refractivity contribution in [2.24, 2.45) is 0 Å². The van der Waals surface area contributed by atoms with E-state index in [1.54, 1.807) is 14.2 Å². The van der Waals surface area contributed by atoms with Gasteiger partial charge in [-0.2, -0.15) is 0 Å². The van der Waals surface area contributed by atoms with Crippen LogP contribution in [0.5, 0.6) is 11.5 Å². The molecule has 2 aromatic rings. The fraction of sp³-hybridized carbons (Fsp3) is 0.353. The van der Waals surface area contributed by atoms with Crippen molar-refractivity contribution in [1.82, 2.24) is 10.3 Å². The third kappa shape index (κ3) is 3.34. The van der Waals surface area contributed by atoms with Crippen molar-refractivity contribution in [3.8, 4) is 11.5 Å². The summed E-state index contributed by atoms with van der Waals surface area (Å²) in [6.45, 7) is 5.02. The molecular formula is C17H22N2O2. The van der Waals surface area contributed by atoms with E-state index in [2.05, 4.69) is 24.1 Å². The molecule has 0 aliphatic carbocycles. The molecule has 0 aliphatic rings. The number of rotatable bonds is 6. The van der Waals surface area contributed by atoms with Crippen LogP contribution >= 0.6 is 0 Å². The first-order valence-corrected chi connectivity index (χ1v) is 7.07. The minimum Gasteiger partial charge on any atom is -0.497 e. The van der Waals surface area contributed by atoms with Crippen LogP contribution in [-0.4, -0.2) is 25.7 Å². The van der Waals surface area contributed by atoms with Crippen LogP contribution in [0, 0.1) is 6.92 Å². The Balaban J connectivity index is 2.54. The lowest BCUT2D eigenvalue weighted by Crippen LogP contribution is -2.23. The Bertz CT molecular complexity index is 599. The van der Waals surface area contributed by atoms with E-state index in [1.165, 1.54) is 5.56 Å². The highest BCUT2D eigenvalue weighted by Crippen LogP contribution is 2.34. The van der Waals surface area contributed by atoms with Gasteiger partial charge < -0.3 is 14.8 Å². The summed E-state index contributed by atoms with van der Waals surface area (Å²) < 4.78 is 10.9. The van der Waals surface area contributed by atoms with Crippen LogP contribution in [0.3, 0.4) is 0 Å². The molecule has 0 spiro atoms. The van der Waals surface area contributed by atoms with Crippen LogP contribution in [0.2, 0.25) is 0 Å². The lowest BCUT2D eigenvalue weighted by atomic mass is 9.95.